The number of hydrogen-bond acceptors (Lipinski definition) is 4. The van der Waals surface area contributed by atoms with Crippen LogP contribution in [-0.2, 0) is 9.53 Å². The van der Waals surface area contributed by atoms with Crippen LogP contribution in [0.5, 0.6) is 0 Å². The zero-order valence-corrected chi connectivity index (χ0v) is 11.2. The SMILES string of the molecule is C=CCC(N)=NCCCC[C@H](N)C(=O)OCCC. The molecule has 0 aromatic rings. The van der Waals surface area contributed by atoms with Crippen molar-refractivity contribution in [3.63, 3.8) is 0 Å². The number of esters is 1. The van der Waals surface area contributed by atoms with E-state index in [2.05, 4.69) is 11.6 Å². The van der Waals surface area contributed by atoms with Crippen LogP contribution in [0.3, 0.4) is 0 Å². The van der Waals surface area contributed by atoms with Gasteiger partial charge >= 0.3 is 5.97 Å². The van der Waals surface area contributed by atoms with Crippen molar-refractivity contribution in [3.8, 4) is 0 Å². The average Bonchev–Trinajstić information content (AvgIpc) is 2.35. The number of amidine groups is 1. The molecule has 4 N–H and O–H groups in total. The Morgan fingerprint density at radius 1 is 1.50 bits per heavy atom. The maximum atomic E-state index is 11.4. The molecule has 5 heteroatoms. The molecule has 0 radical (unpaired) electrons. The first kappa shape index (κ1) is 16.6. The Balaban J connectivity index is 3.62. The van der Waals surface area contributed by atoms with Crippen molar-refractivity contribution in [1.82, 2.24) is 0 Å². The molecule has 0 amide bonds. The van der Waals surface area contributed by atoms with E-state index in [1.54, 1.807) is 6.08 Å². The van der Waals surface area contributed by atoms with Crippen molar-refractivity contribution in [2.24, 2.45) is 16.5 Å². The normalized spacial score (nSPS) is 13.1. The predicted octanol–water partition coefficient (Wildman–Crippen LogP) is 1.37. The topological polar surface area (TPSA) is 90.7 Å². The summed E-state index contributed by atoms with van der Waals surface area (Å²) in [6.07, 6.45) is 5.48. The Labute approximate surface area is 109 Å². The predicted molar refractivity (Wildman–Crippen MR) is 74.4 cm³/mol. The summed E-state index contributed by atoms with van der Waals surface area (Å²) in [4.78, 5) is 15.5. The smallest absolute Gasteiger partial charge is 0.322 e. The first-order valence-electron chi connectivity index (χ1n) is 6.43. The Morgan fingerprint density at radius 2 is 2.22 bits per heavy atom. The van der Waals surface area contributed by atoms with Crippen molar-refractivity contribution >= 4 is 11.8 Å². The molecule has 0 heterocycles. The van der Waals surface area contributed by atoms with Gasteiger partial charge in [0.15, 0.2) is 0 Å². The Kier molecular flexibility index (Phi) is 9.96. The maximum absolute atomic E-state index is 11.4. The third kappa shape index (κ3) is 8.75. The van der Waals surface area contributed by atoms with Gasteiger partial charge in [0.05, 0.1) is 12.4 Å². The molecule has 0 spiro atoms. The van der Waals surface area contributed by atoms with Gasteiger partial charge in [-0.1, -0.05) is 13.0 Å². The maximum Gasteiger partial charge on any atom is 0.322 e. The highest BCUT2D eigenvalue weighted by atomic mass is 16.5. The molecule has 104 valence electrons. The quantitative estimate of drug-likeness (QED) is 0.203. The van der Waals surface area contributed by atoms with E-state index in [1.165, 1.54) is 0 Å². The van der Waals surface area contributed by atoms with E-state index in [1.807, 2.05) is 6.92 Å². The van der Waals surface area contributed by atoms with Crippen molar-refractivity contribution in [2.75, 3.05) is 13.2 Å². The van der Waals surface area contributed by atoms with Gasteiger partial charge in [-0.05, 0) is 25.7 Å². The van der Waals surface area contributed by atoms with Gasteiger partial charge in [-0.2, -0.15) is 0 Å². The van der Waals surface area contributed by atoms with Crippen LogP contribution in [0.1, 0.15) is 39.0 Å². The zero-order chi connectivity index (χ0) is 13.8. The van der Waals surface area contributed by atoms with Gasteiger partial charge in [-0.3, -0.25) is 9.79 Å². The lowest BCUT2D eigenvalue weighted by Crippen LogP contribution is -2.32. The molecule has 0 aliphatic carbocycles. The van der Waals surface area contributed by atoms with E-state index in [-0.39, 0.29) is 5.97 Å². The highest BCUT2D eigenvalue weighted by molar-refractivity contribution is 5.81. The lowest BCUT2D eigenvalue weighted by atomic mass is 10.1. The fraction of sp³-hybridized carbons (Fsp3) is 0.692. The summed E-state index contributed by atoms with van der Waals surface area (Å²) in [5.41, 5.74) is 11.3. The van der Waals surface area contributed by atoms with Crippen molar-refractivity contribution in [3.05, 3.63) is 12.7 Å². The lowest BCUT2D eigenvalue weighted by molar-refractivity contribution is -0.145. The van der Waals surface area contributed by atoms with Crippen LogP contribution >= 0.6 is 0 Å². The molecule has 1 atom stereocenters. The number of rotatable bonds is 10. The monoisotopic (exact) mass is 255 g/mol. The van der Waals surface area contributed by atoms with Gasteiger partial charge in [0.25, 0.3) is 0 Å². The average molecular weight is 255 g/mol. The summed E-state index contributed by atoms with van der Waals surface area (Å²) < 4.78 is 4.96. The number of nitrogens with two attached hydrogens (primary N) is 2. The number of hydrogen-bond donors (Lipinski definition) is 2. The summed E-state index contributed by atoms with van der Waals surface area (Å²) in [5, 5.41) is 0. The molecule has 0 bridgehead atoms. The number of nitrogens with zero attached hydrogens (tertiary/aromatic N) is 1. The first-order valence-corrected chi connectivity index (χ1v) is 6.43. The summed E-state index contributed by atoms with van der Waals surface area (Å²) in [6.45, 7) is 6.63. The van der Waals surface area contributed by atoms with Crippen LogP contribution in [0, 0.1) is 0 Å². The Hall–Kier alpha value is -1.36. The van der Waals surface area contributed by atoms with Gasteiger partial charge in [0.1, 0.15) is 6.04 Å². The van der Waals surface area contributed by atoms with Crippen LogP contribution in [0.2, 0.25) is 0 Å². The zero-order valence-electron chi connectivity index (χ0n) is 11.2. The highest BCUT2D eigenvalue weighted by Crippen LogP contribution is 2.02. The largest absolute Gasteiger partial charge is 0.465 e. The molecule has 0 rings (SSSR count). The highest BCUT2D eigenvalue weighted by Gasteiger charge is 2.13. The van der Waals surface area contributed by atoms with E-state index in [0.29, 0.717) is 31.8 Å². The number of ether oxygens (including phenoxy) is 1. The summed E-state index contributed by atoms with van der Waals surface area (Å²) in [6, 6.07) is -0.522. The molecule has 0 fully saturated rings. The molecule has 0 saturated carbocycles. The third-order valence-corrected chi connectivity index (χ3v) is 2.34. The van der Waals surface area contributed by atoms with Gasteiger partial charge < -0.3 is 16.2 Å². The third-order valence-electron chi connectivity index (χ3n) is 2.34. The second-order valence-corrected chi connectivity index (χ2v) is 4.14. The van der Waals surface area contributed by atoms with Crippen LogP contribution < -0.4 is 11.5 Å². The number of aliphatic imine (C=N–C) groups is 1. The second-order valence-electron chi connectivity index (χ2n) is 4.14. The molecule has 18 heavy (non-hydrogen) atoms. The second kappa shape index (κ2) is 10.8. The Bertz CT molecular complexity index is 277. The van der Waals surface area contributed by atoms with Gasteiger partial charge in [0, 0.05) is 13.0 Å². The van der Waals surface area contributed by atoms with Crippen LogP contribution in [-0.4, -0.2) is 31.0 Å². The summed E-state index contributed by atoms with van der Waals surface area (Å²) in [5.74, 6) is 0.281. The van der Waals surface area contributed by atoms with Crippen LogP contribution in [0.4, 0.5) is 0 Å². The fourth-order valence-corrected chi connectivity index (χ4v) is 1.34. The van der Waals surface area contributed by atoms with Crippen molar-refractivity contribution in [2.45, 2.75) is 45.1 Å². The number of carbonyl (C=O) groups is 1. The van der Waals surface area contributed by atoms with E-state index in [0.717, 1.165) is 19.3 Å². The Morgan fingerprint density at radius 3 is 2.83 bits per heavy atom. The first-order chi connectivity index (χ1) is 8.61. The molecular weight excluding hydrogens is 230 g/mol. The van der Waals surface area contributed by atoms with E-state index in [9.17, 15) is 4.79 Å². The van der Waals surface area contributed by atoms with Crippen LogP contribution in [0.15, 0.2) is 17.6 Å². The minimum absolute atomic E-state index is 0.313. The molecule has 0 saturated heterocycles. The standard InChI is InChI=1S/C13H25N3O2/c1-3-7-12(15)16-9-6-5-8-11(14)13(17)18-10-4-2/h3,11H,1,4-10,14H2,2H3,(H2,15,16)/t11-/m0/s1. The molecule has 0 aliphatic rings. The summed E-state index contributed by atoms with van der Waals surface area (Å²) >= 11 is 0. The minimum Gasteiger partial charge on any atom is -0.465 e. The van der Waals surface area contributed by atoms with Gasteiger partial charge in [-0.25, -0.2) is 0 Å². The van der Waals surface area contributed by atoms with Crippen LogP contribution in [0.25, 0.3) is 0 Å². The lowest BCUT2D eigenvalue weighted by Gasteiger charge is -2.10. The number of unbranched alkanes of at least 4 members (excludes halogenated alkanes) is 1. The molecule has 0 aliphatic heterocycles. The number of carbonyl (C=O) groups excluding carboxylic acids is 1. The van der Waals surface area contributed by atoms with E-state index in [4.69, 9.17) is 16.2 Å². The molecule has 0 aromatic heterocycles. The van der Waals surface area contributed by atoms with E-state index < -0.39 is 6.04 Å². The van der Waals surface area contributed by atoms with E-state index >= 15 is 0 Å². The molecular formula is C13H25N3O2. The minimum atomic E-state index is -0.522. The molecule has 0 unspecified atom stereocenters. The van der Waals surface area contributed by atoms with Crippen molar-refractivity contribution in [1.29, 1.82) is 0 Å². The molecule has 5 nitrogen and oxygen atoms in total. The summed E-state index contributed by atoms with van der Waals surface area (Å²) in [7, 11) is 0. The van der Waals surface area contributed by atoms with Crippen molar-refractivity contribution < 1.29 is 9.53 Å². The van der Waals surface area contributed by atoms with Gasteiger partial charge in [-0.15, -0.1) is 6.58 Å². The van der Waals surface area contributed by atoms with Gasteiger partial charge in [0.2, 0.25) is 0 Å². The molecule has 0 aromatic carbocycles. The fourth-order valence-electron chi connectivity index (χ4n) is 1.34.